The second kappa shape index (κ2) is 8.07. The van der Waals surface area contributed by atoms with Crippen molar-refractivity contribution in [1.82, 2.24) is 4.90 Å². The molecule has 24 heavy (non-hydrogen) atoms. The summed E-state index contributed by atoms with van der Waals surface area (Å²) >= 11 is 0. The van der Waals surface area contributed by atoms with Crippen molar-refractivity contribution < 1.29 is 14.8 Å². The molecule has 0 radical (unpaired) electrons. The number of aryl methyl sites for hydroxylation is 1. The third kappa shape index (κ3) is 4.53. The van der Waals surface area contributed by atoms with E-state index in [1.165, 1.54) is 17.0 Å². The van der Waals surface area contributed by atoms with E-state index in [1.54, 1.807) is 13.0 Å². The molecule has 0 spiro atoms. The number of aliphatic hydroxyl groups excluding tert-OH is 1. The number of carbonyl (C=O) groups is 1. The molecule has 0 fully saturated rings. The molecule has 0 saturated carbocycles. The number of nitrogens with zero attached hydrogens (tertiary/aromatic N) is 2. The number of rotatable bonds is 6. The molecule has 0 saturated heterocycles. The van der Waals surface area contributed by atoms with Gasteiger partial charge in [-0.1, -0.05) is 36.4 Å². The number of anilines is 1. The highest BCUT2D eigenvalue weighted by molar-refractivity contribution is 5.90. The maximum atomic E-state index is 12.5. The molecular weight excluding hydrogens is 310 g/mol. The Hall–Kier alpha value is -2.93. The predicted octanol–water partition coefficient (Wildman–Crippen LogP) is 2.93. The quantitative estimate of drug-likeness (QED) is 0.629. The largest absolute Gasteiger partial charge is 0.395 e. The Balaban J connectivity index is 2.15. The van der Waals surface area contributed by atoms with E-state index in [4.69, 9.17) is 0 Å². The fourth-order valence-electron chi connectivity index (χ4n) is 2.23. The molecule has 2 amide bonds. The summed E-state index contributed by atoms with van der Waals surface area (Å²) in [6, 6.07) is 13.3. The van der Waals surface area contributed by atoms with Crippen LogP contribution in [-0.4, -0.2) is 34.1 Å². The van der Waals surface area contributed by atoms with Crippen LogP contribution < -0.4 is 5.32 Å². The molecule has 7 nitrogen and oxygen atoms in total. The molecule has 126 valence electrons. The zero-order valence-corrected chi connectivity index (χ0v) is 13.3. The van der Waals surface area contributed by atoms with Gasteiger partial charge in [0.1, 0.15) is 0 Å². The molecule has 2 N–H and O–H groups in total. The Kier molecular flexibility index (Phi) is 5.86. The van der Waals surface area contributed by atoms with Crippen molar-refractivity contribution in [3.05, 3.63) is 69.8 Å². The molecule has 0 aliphatic heterocycles. The summed E-state index contributed by atoms with van der Waals surface area (Å²) < 4.78 is 0. The molecule has 0 bridgehead atoms. The van der Waals surface area contributed by atoms with Gasteiger partial charge in [-0.15, -0.1) is 0 Å². The van der Waals surface area contributed by atoms with Crippen LogP contribution in [0, 0.1) is 17.0 Å². The van der Waals surface area contributed by atoms with Crippen molar-refractivity contribution in [2.45, 2.75) is 13.5 Å². The van der Waals surface area contributed by atoms with Crippen molar-refractivity contribution in [2.24, 2.45) is 0 Å². The number of carbonyl (C=O) groups excluding carboxylic acids is 1. The summed E-state index contributed by atoms with van der Waals surface area (Å²) in [6.45, 7) is 2.08. The third-order valence-corrected chi connectivity index (χ3v) is 3.55. The van der Waals surface area contributed by atoms with Gasteiger partial charge in [-0.2, -0.15) is 0 Å². The molecule has 0 unspecified atom stereocenters. The Bertz CT molecular complexity index is 719. The van der Waals surface area contributed by atoms with Crippen molar-refractivity contribution in [3.63, 3.8) is 0 Å². The number of hydrogen-bond donors (Lipinski definition) is 2. The van der Waals surface area contributed by atoms with Gasteiger partial charge in [0.2, 0.25) is 0 Å². The normalized spacial score (nSPS) is 10.2. The van der Waals surface area contributed by atoms with E-state index in [0.717, 1.165) is 11.1 Å². The topological polar surface area (TPSA) is 95.7 Å². The first-order valence-corrected chi connectivity index (χ1v) is 7.47. The first-order chi connectivity index (χ1) is 11.5. The highest BCUT2D eigenvalue weighted by atomic mass is 16.6. The fourth-order valence-corrected chi connectivity index (χ4v) is 2.23. The summed E-state index contributed by atoms with van der Waals surface area (Å²) in [5, 5.41) is 22.7. The lowest BCUT2D eigenvalue weighted by molar-refractivity contribution is -0.384. The summed E-state index contributed by atoms with van der Waals surface area (Å²) in [4.78, 5) is 24.3. The number of aliphatic hydroxyl groups is 1. The molecule has 0 aliphatic carbocycles. The van der Waals surface area contributed by atoms with Crippen molar-refractivity contribution in [3.8, 4) is 0 Å². The van der Waals surface area contributed by atoms with E-state index in [0.29, 0.717) is 12.2 Å². The average Bonchev–Trinajstić information content (AvgIpc) is 2.57. The smallest absolute Gasteiger partial charge is 0.322 e. The number of amides is 2. The van der Waals surface area contributed by atoms with E-state index in [9.17, 15) is 20.0 Å². The molecule has 0 aliphatic rings. The zero-order valence-electron chi connectivity index (χ0n) is 13.3. The van der Waals surface area contributed by atoms with Crippen LogP contribution in [0.2, 0.25) is 0 Å². The predicted molar refractivity (Wildman–Crippen MR) is 90.8 cm³/mol. The highest BCUT2D eigenvalue weighted by Crippen LogP contribution is 2.22. The number of hydrogen-bond acceptors (Lipinski definition) is 4. The van der Waals surface area contributed by atoms with Gasteiger partial charge in [-0.25, -0.2) is 4.79 Å². The van der Waals surface area contributed by atoms with Crippen molar-refractivity contribution in [1.29, 1.82) is 0 Å². The second-order valence-corrected chi connectivity index (χ2v) is 5.32. The Labute approximate surface area is 139 Å². The lowest BCUT2D eigenvalue weighted by Crippen LogP contribution is -2.36. The molecule has 7 heteroatoms. The van der Waals surface area contributed by atoms with Crippen molar-refractivity contribution >= 4 is 17.4 Å². The lowest BCUT2D eigenvalue weighted by atomic mass is 10.2. The van der Waals surface area contributed by atoms with E-state index in [2.05, 4.69) is 5.32 Å². The Morgan fingerprint density at radius 1 is 1.25 bits per heavy atom. The molecule has 0 aromatic heterocycles. The number of nitro benzene ring substituents is 1. The van der Waals surface area contributed by atoms with E-state index < -0.39 is 11.0 Å². The van der Waals surface area contributed by atoms with E-state index >= 15 is 0 Å². The van der Waals surface area contributed by atoms with Crippen LogP contribution in [-0.2, 0) is 6.54 Å². The van der Waals surface area contributed by atoms with Gasteiger partial charge in [0.05, 0.1) is 17.2 Å². The minimum atomic E-state index is -0.509. The molecule has 0 atom stereocenters. The van der Waals surface area contributed by atoms with Gasteiger partial charge >= 0.3 is 6.03 Å². The van der Waals surface area contributed by atoms with E-state index in [-0.39, 0.29) is 18.8 Å². The Morgan fingerprint density at radius 2 is 1.96 bits per heavy atom. The maximum Gasteiger partial charge on any atom is 0.322 e. The van der Waals surface area contributed by atoms with Crippen LogP contribution in [0.15, 0.2) is 48.5 Å². The molecule has 2 rings (SSSR count). The van der Waals surface area contributed by atoms with E-state index in [1.807, 2.05) is 30.3 Å². The summed E-state index contributed by atoms with van der Waals surface area (Å²) in [6.07, 6.45) is 0. The van der Waals surface area contributed by atoms with Gasteiger partial charge in [0, 0.05) is 25.2 Å². The number of benzene rings is 2. The van der Waals surface area contributed by atoms with Crippen LogP contribution in [0.25, 0.3) is 0 Å². The maximum absolute atomic E-state index is 12.5. The zero-order chi connectivity index (χ0) is 17.5. The number of nitro groups is 1. The summed E-state index contributed by atoms with van der Waals surface area (Å²) in [5.41, 5.74) is 1.94. The van der Waals surface area contributed by atoms with Crippen LogP contribution >= 0.6 is 0 Å². The third-order valence-electron chi connectivity index (χ3n) is 3.55. The minimum absolute atomic E-state index is 0.0901. The van der Waals surface area contributed by atoms with Gasteiger partial charge in [0.15, 0.2) is 0 Å². The van der Waals surface area contributed by atoms with Crippen molar-refractivity contribution in [2.75, 3.05) is 18.5 Å². The highest BCUT2D eigenvalue weighted by Gasteiger charge is 2.16. The number of non-ortho nitro benzene ring substituents is 1. The average molecular weight is 329 g/mol. The number of urea groups is 1. The lowest BCUT2D eigenvalue weighted by Gasteiger charge is -2.23. The molecule has 2 aromatic carbocycles. The van der Waals surface area contributed by atoms with Gasteiger partial charge in [0.25, 0.3) is 5.69 Å². The van der Waals surface area contributed by atoms with Gasteiger partial charge in [-0.05, 0) is 18.1 Å². The first-order valence-electron chi connectivity index (χ1n) is 7.47. The first kappa shape index (κ1) is 17.4. The fraction of sp³-hybridized carbons (Fsp3) is 0.235. The summed E-state index contributed by atoms with van der Waals surface area (Å²) in [5.74, 6) is 0. The standard InChI is InChI=1S/C17H19N3O4/c1-13-7-8-15(20(23)24)11-16(13)18-17(22)19(9-10-21)12-14-5-3-2-4-6-14/h2-8,11,21H,9-10,12H2,1H3,(H,18,22). The van der Waals surface area contributed by atoms with Gasteiger partial charge < -0.3 is 15.3 Å². The monoisotopic (exact) mass is 329 g/mol. The van der Waals surface area contributed by atoms with Crippen LogP contribution in [0.1, 0.15) is 11.1 Å². The van der Waals surface area contributed by atoms with Gasteiger partial charge in [-0.3, -0.25) is 10.1 Å². The molecule has 2 aromatic rings. The SMILES string of the molecule is Cc1ccc([N+](=O)[O-])cc1NC(=O)N(CCO)Cc1ccccc1. The van der Waals surface area contributed by atoms with Crippen LogP contribution in [0.4, 0.5) is 16.2 Å². The minimum Gasteiger partial charge on any atom is -0.395 e. The Morgan fingerprint density at radius 3 is 2.58 bits per heavy atom. The van der Waals surface area contributed by atoms with Crippen LogP contribution in [0.3, 0.4) is 0 Å². The summed E-state index contributed by atoms with van der Waals surface area (Å²) in [7, 11) is 0. The van der Waals surface area contributed by atoms with Crippen LogP contribution in [0.5, 0.6) is 0 Å². The second-order valence-electron chi connectivity index (χ2n) is 5.32. The number of nitrogens with one attached hydrogen (secondary N) is 1. The molecule has 0 heterocycles. The molecular formula is C17H19N3O4.